The molecule has 0 bridgehead atoms. The fourth-order valence-electron chi connectivity index (χ4n) is 4.07. The fraction of sp³-hybridized carbons (Fsp3) is 0.407. The van der Waals surface area contributed by atoms with E-state index in [2.05, 4.69) is 0 Å². The Morgan fingerprint density at radius 2 is 1.79 bits per heavy atom. The molecule has 2 N–H and O–H groups in total. The number of aliphatic hydroxyl groups is 1. The molecular weight excluding hydrogens is 434 g/mol. The summed E-state index contributed by atoms with van der Waals surface area (Å²) in [6, 6.07) is 14.6. The third kappa shape index (κ3) is 7.63. The number of carboxylic acid groups (broad SMARTS) is 1. The van der Waals surface area contributed by atoms with E-state index in [9.17, 15) is 14.7 Å². The first-order valence-electron chi connectivity index (χ1n) is 11.8. The Hall–Kier alpha value is -3.32. The summed E-state index contributed by atoms with van der Waals surface area (Å²) >= 11 is 0. The zero-order valence-electron chi connectivity index (χ0n) is 19.6. The van der Waals surface area contributed by atoms with Gasteiger partial charge in [-0.2, -0.15) is 0 Å². The number of aliphatic hydroxyl groups excluding tert-OH is 1. The van der Waals surface area contributed by atoms with Gasteiger partial charge in [0, 0.05) is 25.5 Å². The highest BCUT2D eigenvalue weighted by Crippen LogP contribution is 2.28. The van der Waals surface area contributed by atoms with Crippen molar-refractivity contribution in [1.82, 2.24) is 4.90 Å². The minimum absolute atomic E-state index is 0.0302. The molecule has 0 aromatic heterocycles. The molecule has 182 valence electrons. The lowest BCUT2D eigenvalue weighted by Gasteiger charge is -2.22. The lowest BCUT2D eigenvalue weighted by molar-refractivity contribution is -0.137. The molecule has 34 heavy (non-hydrogen) atoms. The summed E-state index contributed by atoms with van der Waals surface area (Å²) < 4.78 is 11.1. The number of rotatable bonds is 13. The van der Waals surface area contributed by atoms with Crippen molar-refractivity contribution in [3.63, 3.8) is 0 Å². The molecule has 1 aliphatic rings. The standard InChI is InChI=1S/C27H33NO6/c1-33-22-9-7-11-24(19-22)34-23-10-6-8-20(18-23)25(29)15-13-21-14-16-26(30)28(21)17-5-3-2-4-12-27(31)32/h6-11,13,15,18-19,21,25,29H,2-5,12,14,16-17H2,1H3,(H,31,32). The quantitative estimate of drug-likeness (QED) is 0.314. The summed E-state index contributed by atoms with van der Waals surface area (Å²) in [6.45, 7) is 0.654. The van der Waals surface area contributed by atoms with E-state index in [1.807, 2.05) is 47.4 Å². The Morgan fingerprint density at radius 1 is 1.09 bits per heavy atom. The van der Waals surface area contributed by atoms with Gasteiger partial charge in [0.1, 0.15) is 17.2 Å². The summed E-state index contributed by atoms with van der Waals surface area (Å²) in [5.41, 5.74) is 0.700. The molecule has 2 atom stereocenters. The van der Waals surface area contributed by atoms with Crippen LogP contribution in [0.5, 0.6) is 17.2 Å². The van der Waals surface area contributed by atoms with Gasteiger partial charge in [-0.1, -0.05) is 43.2 Å². The van der Waals surface area contributed by atoms with Gasteiger partial charge in [-0.3, -0.25) is 9.59 Å². The maximum atomic E-state index is 12.3. The Kier molecular flexibility index (Phi) is 9.52. The average molecular weight is 468 g/mol. The van der Waals surface area contributed by atoms with Crippen LogP contribution in [-0.2, 0) is 9.59 Å². The van der Waals surface area contributed by atoms with E-state index in [0.29, 0.717) is 42.2 Å². The molecule has 1 amide bonds. The van der Waals surface area contributed by atoms with Crippen LogP contribution in [0.25, 0.3) is 0 Å². The van der Waals surface area contributed by atoms with Crippen LogP contribution in [0.4, 0.5) is 0 Å². The second-order valence-corrected chi connectivity index (χ2v) is 8.43. The highest BCUT2D eigenvalue weighted by Gasteiger charge is 2.28. The van der Waals surface area contributed by atoms with Crippen LogP contribution in [0.3, 0.4) is 0 Å². The van der Waals surface area contributed by atoms with Gasteiger partial charge in [0.05, 0.1) is 19.3 Å². The summed E-state index contributed by atoms with van der Waals surface area (Å²) in [4.78, 5) is 24.8. The van der Waals surface area contributed by atoms with E-state index in [1.54, 1.807) is 25.3 Å². The Balaban J connectivity index is 1.54. The first-order valence-corrected chi connectivity index (χ1v) is 11.8. The molecule has 0 aliphatic carbocycles. The maximum absolute atomic E-state index is 12.3. The van der Waals surface area contributed by atoms with E-state index in [0.717, 1.165) is 25.7 Å². The van der Waals surface area contributed by atoms with E-state index in [-0.39, 0.29) is 18.4 Å². The van der Waals surface area contributed by atoms with Crippen LogP contribution >= 0.6 is 0 Å². The zero-order chi connectivity index (χ0) is 24.3. The van der Waals surface area contributed by atoms with E-state index in [4.69, 9.17) is 14.6 Å². The van der Waals surface area contributed by atoms with Crippen LogP contribution in [-0.4, -0.2) is 46.7 Å². The lowest BCUT2D eigenvalue weighted by atomic mass is 10.1. The molecule has 1 heterocycles. The lowest BCUT2D eigenvalue weighted by Crippen LogP contribution is -2.32. The molecule has 7 heteroatoms. The molecule has 0 saturated carbocycles. The summed E-state index contributed by atoms with van der Waals surface area (Å²) in [7, 11) is 1.60. The molecule has 0 radical (unpaired) electrons. The van der Waals surface area contributed by atoms with Crippen molar-refractivity contribution < 1.29 is 29.3 Å². The molecule has 2 aromatic carbocycles. The van der Waals surface area contributed by atoms with E-state index >= 15 is 0 Å². The van der Waals surface area contributed by atoms with Crippen molar-refractivity contribution in [3.8, 4) is 17.2 Å². The van der Waals surface area contributed by atoms with Crippen molar-refractivity contribution in [2.75, 3.05) is 13.7 Å². The second-order valence-electron chi connectivity index (χ2n) is 8.43. The molecule has 1 aliphatic heterocycles. The maximum Gasteiger partial charge on any atom is 0.303 e. The Morgan fingerprint density at radius 3 is 2.56 bits per heavy atom. The minimum Gasteiger partial charge on any atom is -0.497 e. The fourth-order valence-corrected chi connectivity index (χ4v) is 4.07. The summed E-state index contributed by atoms with van der Waals surface area (Å²) in [6.07, 6.45) is 7.52. The number of unbranched alkanes of at least 4 members (excludes halogenated alkanes) is 3. The van der Waals surface area contributed by atoms with Crippen LogP contribution in [0.15, 0.2) is 60.7 Å². The molecule has 3 rings (SSSR count). The highest BCUT2D eigenvalue weighted by atomic mass is 16.5. The normalized spacial score (nSPS) is 16.7. The number of benzene rings is 2. The molecule has 2 aromatic rings. The van der Waals surface area contributed by atoms with Gasteiger partial charge in [-0.15, -0.1) is 0 Å². The van der Waals surface area contributed by atoms with E-state index < -0.39 is 12.1 Å². The summed E-state index contributed by atoms with van der Waals surface area (Å²) in [5, 5.41) is 19.4. The number of ether oxygens (including phenoxy) is 2. The highest BCUT2D eigenvalue weighted by molar-refractivity contribution is 5.79. The van der Waals surface area contributed by atoms with Gasteiger partial charge in [0.15, 0.2) is 0 Å². The topological polar surface area (TPSA) is 96.3 Å². The van der Waals surface area contributed by atoms with Crippen LogP contribution < -0.4 is 9.47 Å². The smallest absolute Gasteiger partial charge is 0.303 e. The number of carbonyl (C=O) groups is 2. The second kappa shape index (κ2) is 12.8. The first kappa shape index (κ1) is 25.3. The third-order valence-corrected chi connectivity index (χ3v) is 5.91. The van der Waals surface area contributed by atoms with Crippen molar-refractivity contribution in [2.24, 2.45) is 0 Å². The van der Waals surface area contributed by atoms with Crippen LogP contribution in [0, 0.1) is 0 Å². The number of carbonyl (C=O) groups excluding carboxylic acids is 1. The zero-order valence-corrected chi connectivity index (χ0v) is 19.6. The molecule has 0 spiro atoms. The van der Waals surface area contributed by atoms with Gasteiger partial charge in [0.2, 0.25) is 5.91 Å². The molecule has 1 fully saturated rings. The number of hydrogen-bond acceptors (Lipinski definition) is 5. The van der Waals surface area contributed by atoms with Gasteiger partial charge < -0.3 is 24.6 Å². The van der Waals surface area contributed by atoms with E-state index in [1.165, 1.54) is 0 Å². The molecular formula is C27H33NO6. The Labute approximate surface area is 200 Å². The van der Waals surface area contributed by atoms with Crippen molar-refractivity contribution in [1.29, 1.82) is 0 Å². The number of likely N-dealkylation sites (tertiary alicyclic amines) is 1. The van der Waals surface area contributed by atoms with Gasteiger partial charge >= 0.3 is 5.97 Å². The van der Waals surface area contributed by atoms with Crippen LogP contribution in [0.1, 0.15) is 56.6 Å². The SMILES string of the molecule is COc1cccc(Oc2cccc(C(O)C=CC3CCC(=O)N3CCCCCCC(=O)O)c2)c1. The largest absolute Gasteiger partial charge is 0.497 e. The number of carboxylic acids is 1. The first-order chi connectivity index (χ1) is 16.5. The minimum atomic E-state index is -0.817. The number of hydrogen-bond donors (Lipinski definition) is 2. The third-order valence-electron chi connectivity index (χ3n) is 5.91. The van der Waals surface area contributed by atoms with Crippen molar-refractivity contribution in [2.45, 2.75) is 57.1 Å². The van der Waals surface area contributed by atoms with Crippen molar-refractivity contribution >= 4 is 11.9 Å². The molecule has 2 unspecified atom stereocenters. The predicted octanol–water partition coefficient (Wildman–Crippen LogP) is 5.10. The number of methoxy groups -OCH3 is 1. The predicted molar refractivity (Wildman–Crippen MR) is 129 cm³/mol. The number of amides is 1. The average Bonchev–Trinajstić information content (AvgIpc) is 3.19. The number of nitrogens with zero attached hydrogens (tertiary/aromatic N) is 1. The monoisotopic (exact) mass is 467 g/mol. The van der Waals surface area contributed by atoms with Crippen LogP contribution in [0.2, 0.25) is 0 Å². The molecule has 1 saturated heterocycles. The van der Waals surface area contributed by atoms with Gasteiger partial charge in [-0.05, 0) is 49.1 Å². The van der Waals surface area contributed by atoms with Gasteiger partial charge in [-0.25, -0.2) is 0 Å². The summed E-state index contributed by atoms with van der Waals surface area (Å²) in [5.74, 6) is 1.31. The van der Waals surface area contributed by atoms with Crippen molar-refractivity contribution in [3.05, 3.63) is 66.2 Å². The Bertz CT molecular complexity index is 989. The van der Waals surface area contributed by atoms with Gasteiger partial charge in [0.25, 0.3) is 0 Å². The molecule has 7 nitrogen and oxygen atoms in total. The number of aliphatic carboxylic acids is 1.